The summed E-state index contributed by atoms with van der Waals surface area (Å²) in [6, 6.07) is 19.3. The summed E-state index contributed by atoms with van der Waals surface area (Å²) in [5.41, 5.74) is 2.57. The SMILES string of the molecule is COc1ccccc1C(c1ccccc1)N1CCNCC1. The fraction of sp³-hybridized carbons (Fsp3) is 0.333. The van der Waals surface area contributed by atoms with Crippen molar-refractivity contribution in [2.24, 2.45) is 0 Å². The van der Waals surface area contributed by atoms with Crippen LogP contribution in [0.15, 0.2) is 54.6 Å². The van der Waals surface area contributed by atoms with E-state index >= 15 is 0 Å². The van der Waals surface area contributed by atoms with E-state index in [4.69, 9.17) is 4.74 Å². The van der Waals surface area contributed by atoms with E-state index in [9.17, 15) is 0 Å². The van der Waals surface area contributed by atoms with E-state index in [2.05, 4.69) is 52.7 Å². The van der Waals surface area contributed by atoms with Crippen LogP contribution in [0, 0.1) is 0 Å². The molecule has 0 aliphatic carbocycles. The maximum absolute atomic E-state index is 5.60. The zero-order valence-electron chi connectivity index (χ0n) is 12.5. The molecule has 0 saturated carbocycles. The molecule has 0 spiro atoms. The summed E-state index contributed by atoms with van der Waals surface area (Å²) in [5, 5.41) is 3.43. The third kappa shape index (κ3) is 3.09. The number of rotatable bonds is 4. The average molecular weight is 282 g/mol. The summed E-state index contributed by atoms with van der Waals surface area (Å²) in [4.78, 5) is 2.53. The van der Waals surface area contributed by atoms with E-state index in [0.29, 0.717) is 0 Å². The zero-order chi connectivity index (χ0) is 14.5. The first-order valence-electron chi connectivity index (χ1n) is 7.53. The lowest BCUT2D eigenvalue weighted by Gasteiger charge is -2.36. The van der Waals surface area contributed by atoms with Gasteiger partial charge in [0, 0.05) is 31.7 Å². The molecule has 1 atom stereocenters. The topological polar surface area (TPSA) is 24.5 Å². The van der Waals surface area contributed by atoms with Gasteiger partial charge in [0.1, 0.15) is 5.75 Å². The van der Waals surface area contributed by atoms with Crippen molar-refractivity contribution in [1.82, 2.24) is 10.2 Å². The summed E-state index contributed by atoms with van der Waals surface area (Å²) in [6.45, 7) is 4.19. The van der Waals surface area contributed by atoms with E-state index < -0.39 is 0 Å². The molecule has 3 rings (SSSR count). The van der Waals surface area contributed by atoms with Crippen LogP contribution >= 0.6 is 0 Å². The van der Waals surface area contributed by atoms with Crippen LogP contribution in [0.1, 0.15) is 17.2 Å². The van der Waals surface area contributed by atoms with E-state index in [-0.39, 0.29) is 6.04 Å². The van der Waals surface area contributed by atoms with E-state index in [0.717, 1.165) is 31.9 Å². The van der Waals surface area contributed by atoms with Crippen molar-refractivity contribution in [1.29, 1.82) is 0 Å². The lowest BCUT2D eigenvalue weighted by atomic mass is 9.95. The minimum Gasteiger partial charge on any atom is -0.496 e. The van der Waals surface area contributed by atoms with Gasteiger partial charge in [0.25, 0.3) is 0 Å². The molecule has 3 heteroatoms. The number of hydrogen-bond donors (Lipinski definition) is 1. The predicted octanol–water partition coefficient (Wildman–Crippen LogP) is 2.69. The number of nitrogens with zero attached hydrogens (tertiary/aromatic N) is 1. The highest BCUT2D eigenvalue weighted by Gasteiger charge is 2.25. The molecule has 2 aromatic rings. The van der Waals surface area contributed by atoms with Crippen molar-refractivity contribution in [2.45, 2.75) is 6.04 Å². The average Bonchev–Trinajstić information content (AvgIpc) is 2.58. The van der Waals surface area contributed by atoms with Crippen molar-refractivity contribution in [3.8, 4) is 5.75 Å². The van der Waals surface area contributed by atoms with Crippen LogP contribution in [0.5, 0.6) is 5.75 Å². The summed E-state index contributed by atoms with van der Waals surface area (Å²) >= 11 is 0. The van der Waals surface area contributed by atoms with E-state index in [1.165, 1.54) is 11.1 Å². The van der Waals surface area contributed by atoms with Crippen LogP contribution in [0.2, 0.25) is 0 Å². The fourth-order valence-corrected chi connectivity index (χ4v) is 3.06. The molecule has 1 fully saturated rings. The van der Waals surface area contributed by atoms with Gasteiger partial charge in [0.15, 0.2) is 0 Å². The van der Waals surface area contributed by atoms with Crippen LogP contribution in [-0.2, 0) is 0 Å². The van der Waals surface area contributed by atoms with Gasteiger partial charge in [-0.2, -0.15) is 0 Å². The molecule has 1 saturated heterocycles. The maximum Gasteiger partial charge on any atom is 0.123 e. The van der Waals surface area contributed by atoms with Crippen molar-refractivity contribution >= 4 is 0 Å². The standard InChI is InChI=1S/C18H22N2O/c1-21-17-10-6-5-9-16(17)18(15-7-3-2-4-8-15)20-13-11-19-12-14-20/h2-10,18-19H,11-14H2,1H3. The Kier molecular flexibility index (Phi) is 4.53. The highest BCUT2D eigenvalue weighted by molar-refractivity contribution is 5.41. The van der Waals surface area contributed by atoms with Crippen LogP contribution in [0.25, 0.3) is 0 Å². The number of nitrogens with one attached hydrogen (secondary N) is 1. The lowest BCUT2D eigenvalue weighted by Crippen LogP contribution is -2.45. The van der Waals surface area contributed by atoms with Crippen LogP contribution in [-0.4, -0.2) is 38.2 Å². The Morgan fingerprint density at radius 1 is 0.952 bits per heavy atom. The molecule has 0 aromatic heterocycles. The first-order chi connectivity index (χ1) is 10.4. The first kappa shape index (κ1) is 14.1. The molecule has 0 amide bonds. The van der Waals surface area contributed by atoms with Crippen LogP contribution in [0.4, 0.5) is 0 Å². The van der Waals surface area contributed by atoms with Crippen LogP contribution < -0.4 is 10.1 Å². The van der Waals surface area contributed by atoms with E-state index in [1.807, 2.05) is 12.1 Å². The second-order valence-corrected chi connectivity index (χ2v) is 5.34. The molecule has 110 valence electrons. The molecule has 0 bridgehead atoms. The summed E-state index contributed by atoms with van der Waals surface area (Å²) in [5.74, 6) is 0.963. The molecule has 1 aliphatic rings. The minimum absolute atomic E-state index is 0.254. The number of para-hydroxylation sites is 1. The van der Waals surface area contributed by atoms with Gasteiger partial charge in [0.05, 0.1) is 13.2 Å². The van der Waals surface area contributed by atoms with E-state index in [1.54, 1.807) is 7.11 Å². The van der Waals surface area contributed by atoms with Crippen LogP contribution in [0.3, 0.4) is 0 Å². The minimum atomic E-state index is 0.254. The van der Waals surface area contributed by atoms with Gasteiger partial charge in [-0.25, -0.2) is 0 Å². The number of methoxy groups -OCH3 is 1. The second kappa shape index (κ2) is 6.74. The van der Waals surface area contributed by atoms with Gasteiger partial charge in [0.2, 0.25) is 0 Å². The van der Waals surface area contributed by atoms with Gasteiger partial charge in [-0.15, -0.1) is 0 Å². The van der Waals surface area contributed by atoms with Gasteiger partial charge >= 0.3 is 0 Å². The molecule has 0 radical (unpaired) electrons. The molecule has 21 heavy (non-hydrogen) atoms. The molecule has 2 aromatic carbocycles. The third-order valence-electron chi connectivity index (χ3n) is 4.07. The monoisotopic (exact) mass is 282 g/mol. The molecule has 3 nitrogen and oxygen atoms in total. The Labute approximate surface area is 126 Å². The quantitative estimate of drug-likeness (QED) is 0.933. The number of benzene rings is 2. The Balaban J connectivity index is 2.03. The Hall–Kier alpha value is -1.84. The third-order valence-corrected chi connectivity index (χ3v) is 4.07. The normalized spacial score (nSPS) is 17.4. The molecule has 1 aliphatic heterocycles. The van der Waals surface area contributed by atoms with Gasteiger partial charge in [-0.05, 0) is 11.6 Å². The smallest absolute Gasteiger partial charge is 0.123 e. The van der Waals surface area contributed by atoms with Crippen molar-refractivity contribution < 1.29 is 4.74 Å². The van der Waals surface area contributed by atoms with Gasteiger partial charge in [-0.1, -0.05) is 48.5 Å². The molecule has 1 N–H and O–H groups in total. The maximum atomic E-state index is 5.60. The summed E-state index contributed by atoms with van der Waals surface area (Å²) < 4.78 is 5.60. The summed E-state index contributed by atoms with van der Waals surface area (Å²) in [7, 11) is 1.75. The molecular formula is C18H22N2O. The Morgan fingerprint density at radius 2 is 1.62 bits per heavy atom. The van der Waals surface area contributed by atoms with Crippen molar-refractivity contribution in [2.75, 3.05) is 33.3 Å². The number of piperazine rings is 1. The largest absolute Gasteiger partial charge is 0.496 e. The zero-order valence-corrected chi connectivity index (χ0v) is 12.5. The Morgan fingerprint density at radius 3 is 2.33 bits per heavy atom. The fourth-order valence-electron chi connectivity index (χ4n) is 3.06. The first-order valence-corrected chi connectivity index (χ1v) is 7.53. The van der Waals surface area contributed by atoms with Crippen molar-refractivity contribution in [3.05, 3.63) is 65.7 Å². The molecule has 1 heterocycles. The molecule has 1 unspecified atom stereocenters. The highest BCUT2D eigenvalue weighted by atomic mass is 16.5. The van der Waals surface area contributed by atoms with Gasteiger partial charge < -0.3 is 10.1 Å². The lowest BCUT2D eigenvalue weighted by molar-refractivity contribution is 0.195. The van der Waals surface area contributed by atoms with Gasteiger partial charge in [-0.3, -0.25) is 4.90 Å². The summed E-state index contributed by atoms with van der Waals surface area (Å²) in [6.07, 6.45) is 0. The Bertz CT molecular complexity index is 564. The predicted molar refractivity (Wildman–Crippen MR) is 85.7 cm³/mol. The number of ether oxygens (including phenoxy) is 1. The second-order valence-electron chi connectivity index (χ2n) is 5.34. The van der Waals surface area contributed by atoms with Crippen molar-refractivity contribution in [3.63, 3.8) is 0 Å². The molecular weight excluding hydrogens is 260 g/mol. The highest BCUT2D eigenvalue weighted by Crippen LogP contribution is 2.34. The number of hydrogen-bond acceptors (Lipinski definition) is 3.